The third kappa shape index (κ3) is 4.02. The zero-order valence-corrected chi connectivity index (χ0v) is 15.0. The Bertz CT molecular complexity index is 839. The van der Waals surface area contributed by atoms with Crippen molar-refractivity contribution in [2.45, 2.75) is 38.8 Å². The van der Waals surface area contributed by atoms with E-state index in [4.69, 9.17) is 0 Å². The summed E-state index contributed by atoms with van der Waals surface area (Å²) in [5.41, 5.74) is 1.08. The highest BCUT2D eigenvalue weighted by Crippen LogP contribution is 2.27. The molecule has 1 saturated heterocycles. The maximum Gasteiger partial charge on any atom is 0.257 e. The van der Waals surface area contributed by atoms with E-state index >= 15 is 0 Å². The first-order valence-corrected chi connectivity index (χ1v) is 8.82. The fraction of sp³-hybridized carbons (Fsp3) is 0.300. The maximum atomic E-state index is 13.2. The Morgan fingerprint density at radius 2 is 2.00 bits per heavy atom. The van der Waals surface area contributed by atoms with E-state index in [1.54, 1.807) is 18.5 Å². The van der Waals surface area contributed by atoms with Crippen molar-refractivity contribution in [2.75, 3.05) is 4.90 Å². The van der Waals surface area contributed by atoms with E-state index in [1.165, 1.54) is 29.2 Å². The minimum atomic E-state index is -0.873. The topological polar surface area (TPSA) is 70.6 Å². The van der Waals surface area contributed by atoms with Gasteiger partial charge in [0.25, 0.3) is 5.91 Å². The van der Waals surface area contributed by atoms with Crippen LogP contribution in [-0.2, 0) is 20.9 Å². The van der Waals surface area contributed by atoms with Gasteiger partial charge >= 0.3 is 0 Å². The lowest BCUT2D eigenvalue weighted by Gasteiger charge is -2.27. The second kappa shape index (κ2) is 8.07. The van der Waals surface area contributed by atoms with Crippen LogP contribution in [-0.4, -0.2) is 33.6 Å². The summed E-state index contributed by atoms with van der Waals surface area (Å²) < 4.78 is 13.2. The number of amides is 3. The largest absolute Gasteiger partial charge is 0.326 e. The molecule has 7 heteroatoms. The highest BCUT2D eigenvalue weighted by molar-refractivity contribution is 6.23. The summed E-state index contributed by atoms with van der Waals surface area (Å²) >= 11 is 0. The fourth-order valence-corrected chi connectivity index (χ4v) is 3.14. The number of imide groups is 1. The molecule has 2 aromatic rings. The van der Waals surface area contributed by atoms with Gasteiger partial charge in [-0.25, -0.2) is 9.29 Å². The third-order valence-corrected chi connectivity index (χ3v) is 4.44. The van der Waals surface area contributed by atoms with Crippen LogP contribution in [0.25, 0.3) is 0 Å². The number of anilines is 1. The minimum Gasteiger partial charge on any atom is -0.326 e. The lowest BCUT2D eigenvalue weighted by Crippen LogP contribution is -2.45. The Hall–Kier alpha value is -3.09. The first kappa shape index (κ1) is 18.7. The van der Waals surface area contributed by atoms with E-state index in [0.29, 0.717) is 12.1 Å². The Balaban J connectivity index is 1.88. The first-order valence-electron chi connectivity index (χ1n) is 8.82. The highest BCUT2D eigenvalue weighted by atomic mass is 19.1. The summed E-state index contributed by atoms with van der Waals surface area (Å²) in [5.74, 6) is -1.52. The molecule has 1 aromatic carbocycles. The minimum absolute atomic E-state index is 0.0913. The van der Waals surface area contributed by atoms with Crippen molar-refractivity contribution in [3.05, 3.63) is 60.2 Å². The van der Waals surface area contributed by atoms with Crippen LogP contribution in [0, 0.1) is 5.82 Å². The van der Waals surface area contributed by atoms with E-state index in [-0.39, 0.29) is 25.3 Å². The smallest absolute Gasteiger partial charge is 0.257 e. The molecule has 3 amide bonds. The lowest BCUT2D eigenvalue weighted by molar-refractivity contribution is -0.139. The zero-order chi connectivity index (χ0) is 19.4. The van der Waals surface area contributed by atoms with Crippen LogP contribution in [0.15, 0.2) is 48.8 Å². The van der Waals surface area contributed by atoms with Crippen LogP contribution >= 0.6 is 0 Å². The molecule has 3 rings (SSSR count). The molecule has 0 N–H and O–H groups in total. The molecule has 27 heavy (non-hydrogen) atoms. The number of carbonyl (C=O) groups excluding carboxylic acids is 3. The van der Waals surface area contributed by atoms with E-state index in [0.717, 1.165) is 10.5 Å². The van der Waals surface area contributed by atoms with Crippen molar-refractivity contribution in [2.24, 2.45) is 0 Å². The SMILES string of the molecule is CCCC(=O)N(Cc1cccnc1)C1CC(=O)N(c2ccc(F)cc2)C1=O. The van der Waals surface area contributed by atoms with Gasteiger partial charge in [0.15, 0.2) is 0 Å². The summed E-state index contributed by atoms with van der Waals surface area (Å²) in [7, 11) is 0. The number of carbonyl (C=O) groups is 3. The molecular formula is C20H20FN3O3. The monoisotopic (exact) mass is 369 g/mol. The quantitative estimate of drug-likeness (QED) is 0.734. The van der Waals surface area contributed by atoms with Gasteiger partial charge in [-0.2, -0.15) is 0 Å². The second-order valence-corrected chi connectivity index (χ2v) is 6.40. The maximum absolute atomic E-state index is 13.2. The average Bonchev–Trinajstić information content (AvgIpc) is 2.96. The number of rotatable bonds is 6. The summed E-state index contributed by atoms with van der Waals surface area (Å²) in [6.45, 7) is 2.08. The van der Waals surface area contributed by atoms with Crippen molar-refractivity contribution in [3.63, 3.8) is 0 Å². The molecule has 1 aromatic heterocycles. The van der Waals surface area contributed by atoms with Crippen LogP contribution in [0.2, 0.25) is 0 Å². The van der Waals surface area contributed by atoms with Gasteiger partial charge < -0.3 is 4.90 Å². The van der Waals surface area contributed by atoms with Gasteiger partial charge in [0.1, 0.15) is 11.9 Å². The molecule has 0 saturated carbocycles. The molecule has 1 fully saturated rings. The Kier molecular flexibility index (Phi) is 5.59. The average molecular weight is 369 g/mol. The molecule has 0 spiro atoms. The third-order valence-electron chi connectivity index (χ3n) is 4.44. The van der Waals surface area contributed by atoms with Crippen LogP contribution in [0.1, 0.15) is 31.7 Å². The Morgan fingerprint density at radius 3 is 2.63 bits per heavy atom. The van der Waals surface area contributed by atoms with Crippen molar-refractivity contribution in [3.8, 4) is 0 Å². The van der Waals surface area contributed by atoms with Crippen LogP contribution in [0.3, 0.4) is 0 Å². The normalized spacial score (nSPS) is 16.7. The molecule has 1 aliphatic heterocycles. The van der Waals surface area contributed by atoms with Crippen LogP contribution < -0.4 is 4.90 Å². The fourth-order valence-electron chi connectivity index (χ4n) is 3.14. The van der Waals surface area contributed by atoms with Gasteiger partial charge in [-0.1, -0.05) is 13.0 Å². The standard InChI is InChI=1S/C20H20FN3O3/c1-2-4-18(25)23(13-14-5-3-10-22-12-14)17-11-19(26)24(20(17)27)16-8-6-15(21)7-9-16/h3,5-10,12,17H,2,4,11,13H2,1H3. The van der Waals surface area contributed by atoms with Crippen molar-refractivity contribution < 1.29 is 18.8 Å². The van der Waals surface area contributed by atoms with E-state index in [9.17, 15) is 18.8 Å². The molecule has 1 aliphatic rings. The van der Waals surface area contributed by atoms with Gasteiger partial charge in [-0.3, -0.25) is 19.4 Å². The van der Waals surface area contributed by atoms with E-state index in [1.807, 2.05) is 13.0 Å². The number of halogens is 1. The summed E-state index contributed by atoms with van der Waals surface area (Å²) in [5, 5.41) is 0. The number of nitrogens with zero attached hydrogens (tertiary/aromatic N) is 3. The van der Waals surface area contributed by atoms with E-state index in [2.05, 4.69) is 4.98 Å². The molecule has 1 atom stereocenters. The molecule has 6 nitrogen and oxygen atoms in total. The summed E-state index contributed by atoms with van der Waals surface area (Å²) in [6.07, 6.45) is 4.09. The van der Waals surface area contributed by atoms with Gasteiger partial charge in [0.2, 0.25) is 11.8 Å². The molecule has 1 unspecified atom stereocenters. The van der Waals surface area contributed by atoms with Crippen LogP contribution in [0.5, 0.6) is 0 Å². The molecular weight excluding hydrogens is 349 g/mol. The molecule has 0 radical (unpaired) electrons. The van der Waals surface area contributed by atoms with Crippen molar-refractivity contribution in [1.82, 2.24) is 9.88 Å². The van der Waals surface area contributed by atoms with Gasteiger partial charge in [0, 0.05) is 25.4 Å². The number of benzene rings is 1. The summed E-state index contributed by atoms with van der Waals surface area (Å²) in [4.78, 5) is 44.6. The predicted molar refractivity (Wildman–Crippen MR) is 97.0 cm³/mol. The molecule has 2 heterocycles. The van der Waals surface area contributed by atoms with Crippen molar-refractivity contribution >= 4 is 23.4 Å². The lowest BCUT2D eigenvalue weighted by atomic mass is 10.1. The molecule has 0 aliphatic carbocycles. The zero-order valence-electron chi connectivity index (χ0n) is 15.0. The van der Waals surface area contributed by atoms with Crippen LogP contribution in [0.4, 0.5) is 10.1 Å². The molecule has 0 bridgehead atoms. The number of aromatic nitrogens is 1. The number of hydrogen-bond acceptors (Lipinski definition) is 4. The molecule has 140 valence electrons. The highest BCUT2D eigenvalue weighted by Gasteiger charge is 2.44. The van der Waals surface area contributed by atoms with E-state index < -0.39 is 23.7 Å². The second-order valence-electron chi connectivity index (χ2n) is 6.40. The predicted octanol–water partition coefficient (Wildman–Crippen LogP) is 2.68. The Morgan fingerprint density at radius 1 is 1.26 bits per heavy atom. The van der Waals surface area contributed by atoms with Gasteiger partial charge in [-0.05, 0) is 42.3 Å². The summed E-state index contributed by atoms with van der Waals surface area (Å²) in [6, 6.07) is 7.85. The number of pyridine rings is 1. The number of hydrogen-bond donors (Lipinski definition) is 0. The van der Waals surface area contributed by atoms with Gasteiger partial charge in [0.05, 0.1) is 12.1 Å². The van der Waals surface area contributed by atoms with Crippen molar-refractivity contribution in [1.29, 1.82) is 0 Å². The Labute approximate surface area is 156 Å². The first-order chi connectivity index (χ1) is 13.0. The van der Waals surface area contributed by atoms with Gasteiger partial charge in [-0.15, -0.1) is 0 Å².